The third-order valence-corrected chi connectivity index (χ3v) is 4.17. The minimum atomic E-state index is -4.45. The highest BCUT2D eigenvalue weighted by Gasteiger charge is 2.30. The topological polar surface area (TPSA) is 42.2 Å². The van der Waals surface area contributed by atoms with Crippen LogP contribution >= 0.6 is 0 Å². The fourth-order valence-corrected chi connectivity index (χ4v) is 2.68. The molecule has 1 N–H and O–H groups in total. The second-order valence-electron chi connectivity index (χ2n) is 5.95. The summed E-state index contributed by atoms with van der Waals surface area (Å²) in [5, 5.41) is 3.34. The number of furan rings is 1. The lowest BCUT2D eigenvalue weighted by molar-refractivity contribution is -0.137. The van der Waals surface area contributed by atoms with Crippen molar-refractivity contribution in [3.8, 4) is 0 Å². The molecule has 0 atom stereocenters. The number of fused-ring (bicyclic) bond motifs is 1. The Morgan fingerprint density at radius 3 is 2.64 bits per heavy atom. The summed E-state index contributed by atoms with van der Waals surface area (Å²) in [6, 6.07) is 8.39. The number of nitrogens with one attached hydrogen (secondary N) is 1. The van der Waals surface area contributed by atoms with Crippen LogP contribution in [-0.2, 0) is 17.4 Å². The molecule has 0 radical (unpaired) electrons. The number of rotatable bonds is 3. The van der Waals surface area contributed by atoms with E-state index in [0.717, 1.165) is 34.2 Å². The Morgan fingerprint density at radius 2 is 1.92 bits per heavy atom. The van der Waals surface area contributed by atoms with Crippen molar-refractivity contribution >= 4 is 22.6 Å². The Labute approximate surface area is 142 Å². The van der Waals surface area contributed by atoms with Gasteiger partial charge in [0.05, 0.1) is 18.2 Å². The zero-order valence-corrected chi connectivity index (χ0v) is 13.7. The maximum Gasteiger partial charge on any atom is 0.416 e. The molecule has 1 heterocycles. The van der Waals surface area contributed by atoms with Gasteiger partial charge in [0.25, 0.3) is 0 Å². The second kappa shape index (κ2) is 6.27. The average Bonchev–Trinajstić information content (AvgIpc) is 2.94. The number of aryl methyl sites for hydroxylation is 2. The summed E-state index contributed by atoms with van der Waals surface area (Å²) in [7, 11) is 0. The number of hydrogen-bond donors (Lipinski definition) is 1. The van der Waals surface area contributed by atoms with Gasteiger partial charge in [0.15, 0.2) is 0 Å². The molecule has 3 aromatic rings. The summed E-state index contributed by atoms with van der Waals surface area (Å²) in [6.07, 6.45) is -2.91. The smallest absolute Gasteiger partial charge is 0.416 e. The van der Waals surface area contributed by atoms with E-state index < -0.39 is 17.6 Å². The Balaban J connectivity index is 1.79. The van der Waals surface area contributed by atoms with Gasteiger partial charge in [-0.05, 0) is 43.2 Å². The van der Waals surface area contributed by atoms with Gasteiger partial charge in [0.2, 0.25) is 5.91 Å². The molecule has 3 rings (SSSR count). The number of benzene rings is 2. The fraction of sp³-hybridized carbons (Fsp3) is 0.211. The molecule has 0 saturated carbocycles. The standard InChI is InChI=1S/C19H16F3NO2/c1-11-6-7-16-13(10-25-18(16)12(11)2)8-17(24)23-15-5-3-4-14(9-15)19(20,21)22/h3-7,9-10H,8H2,1-2H3,(H,23,24). The maximum absolute atomic E-state index is 12.7. The van der Waals surface area contributed by atoms with E-state index in [1.807, 2.05) is 26.0 Å². The summed E-state index contributed by atoms with van der Waals surface area (Å²) in [5.74, 6) is -0.403. The molecule has 2 aromatic carbocycles. The monoisotopic (exact) mass is 347 g/mol. The largest absolute Gasteiger partial charge is 0.464 e. The van der Waals surface area contributed by atoms with Crippen molar-refractivity contribution in [3.05, 3.63) is 64.9 Å². The molecule has 0 spiro atoms. The lowest BCUT2D eigenvalue weighted by atomic mass is 10.0. The molecule has 25 heavy (non-hydrogen) atoms. The first-order chi connectivity index (χ1) is 11.8. The molecule has 0 unspecified atom stereocenters. The van der Waals surface area contributed by atoms with Crippen LogP contribution in [0, 0.1) is 13.8 Å². The van der Waals surface area contributed by atoms with Crippen molar-refractivity contribution in [1.29, 1.82) is 0 Å². The van der Waals surface area contributed by atoms with E-state index in [2.05, 4.69) is 5.32 Å². The van der Waals surface area contributed by atoms with Crippen LogP contribution in [0.5, 0.6) is 0 Å². The summed E-state index contributed by atoms with van der Waals surface area (Å²) in [4.78, 5) is 12.2. The molecule has 0 saturated heterocycles. The predicted molar refractivity (Wildman–Crippen MR) is 89.5 cm³/mol. The van der Waals surface area contributed by atoms with E-state index in [4.69, 9.17) is 4.42 Å². The van der Waals surface area contributed by atoms with E-state index in [0.29, 0.717) is 5.56 Å². The highest BCUT2D eigenvalue weighted by atomic mass is 19.4. The van der Waals surface area contributed by atoms with Gasteiger partial charge < -0.3 is 9.73 Å². The lowest BCUT2D eigenvalue weighted by Crippen LogP contribution is -2.15. The van der Waals surface area contributed by atoms with E-state index in [9.17, 15) is 18.0 Å². The summed E-state index contributed by atoms with van der Waals surface area (Å²) in [6.45, 7) is 3.91. The SMILES string of the molecule is Cc1ccc2c(CC(=O)Nc3cccc(C(F)(F)F)c3)coc2c1C. The third-order valence-electron chi connectivity index (χ3n) is 4.17. The minimum absolute atomic E-state index is 0.0196. The fourth-order valence-electron chi connectivity index (χ4n) is 2.68. The maximum atomic E-state index is 12.7. The van der Waals surface area contributed by atoms with Gasteiger partial charge in [-0.15, -0.1) is 0 Å². The number of alkyl halides is 3. The number of carbonyl (C=O) groups is 1. The van der Waals surface area contributed by atoms with E-state index in [1.165, 1.54) is 18.4 Å². The number of halogens is 3. The number of anilines is 1. The summed E-state index contributed by atoms with van der Waals surface area (Å²) < 4.78 is 43.7. The third kappa shape index (κ3) is 3.52. The van der Waals surface area contributed by atoms with Crippen molar-refractivity contribution < 1.29 is 22.4 Å². The van der Waals surface area contributed by atoms with Crippen molar-refractivity contribution in [2.45, 2.75) is 26.4 Å². The molecule has 3 nitrogen and oxygen atoms in total. The van der Waals surface area contributed by atoms with E-state index >= 15 is 0 Å². The van der Waals surface area contributed by atoms with Crippen LogP contribution in [0.2, 0.25) is 0 Å². The van der Waals surface area contributed by atoms with Crippen LogP contribution in [-0.4, -0.2) is 5.91 Å². The van der Waals surface area contributed by atoms with Crippen LogP contribution in [0.15, 0.2) is 47.1 Å². The average molecular weight is 347 g/mol. The first-order valence-electron chi connectivity index (χ1n) is 7.69. The van der Waals surface area contributed by atoms with Crippen LogP contribution in [0.1, 0.15) is 22.3 Å². The first kappa shape index (κ1) is 17.1. The Hall–Kier alpha value is -2.76. The molecule has 0 aliphatic heterocycles. The van der Waals surface area contributed by atoms with Gasteiger partial charge >= 0.3 is 6.18 Å². The van der Waals surface area contributed by atoms with Crippen molar-refractivity contribution in [1.82, 2.24) is 0 Å². The number of hydrogen-bond acceptors (Lipinski definition) is 2. The van der Waals surface area contributed by atoms with Gasteiger partial charge in [-0.2, -0.15) is 13.2 Å². The molecule has 0 bridgehead atoms. The van der Waals surface area contributed by atoms with Crippen molar-refractivity contribution in [2.75, 3.05) is 5.32 Å². The van der Waals surface area contributed by atoms with Gasteiger partial charge in [0.1, 0.15) is 5.58 Å². The molecular weight excluding hydrogens is 331 g/mol. The molecule has 130 valence electrons. The van der Waals surface area contributed by atoms with Crippen LogP contribution in [0.3, 0.4) is 0 Å². The first-order valence-corrected chi connectivity index (χ1v) is 7.69. The molecular formula is C19H16F3NO2. The number of amides is 1. The zero-order chi connectivity index (χ0) is 18.2. The molecule has 0 aliphatic rings. The molecule has 6 heteroatoms. The van der Waals surface area contributed by atoms with E-state index in [-0.39, 0.29) is 12.1 Å². The van der Waals surface area contributed by atoms with Crippen molar-refractivity contribution in [3.63, 3.8) is 0 Å². The summed E-state index contributed by atoms with van der Waals surface area (Å²) >= 11 is 0. The highest BCUT2D eigenvalue weighted by molar-refractivity contribution is 5.96. The normalized spacial score (nSPS) is 11.7. The number of carbonyl (C=O) groups excluding carboxylic acids is 1. The lowest BCUT2D eigenvalue weighted by Gasteiger charge is -2.09. The zero-order valence-electron chi connectivity index (χ0n) is 13.7. The highest BCUT2D eigenvalue weighted by Crippen LogP contribution is 2.31. The molecule has 1 aromatic heterocycles. The van der Waals surface area contributed by atoms with Crippen LogP contribution in [0.4, 0.5) is 18.9 Å². The van der Waals surface area contributed by atoms with Gasteiger partial charge in [-0.1, -0.05) is 18.2 Å². The van der Waals surface area contributed by atoms with Crippen LogP contribution in [0.25, 0.3) is 11.0 Å². The van der Waals surface area contributed by atoms with Gasteiger partial charge in [-0.25, -0.2) is 0 Å². The summed E-state index contributed by atoms with van der Waals surface area (Å²) in [5.41, 5.74) is 2.82. The second-order valence-corrected chi connectivity index (χ2v) is 5.95. The Kier molecular flexibility index (Phi) is 4.29. The molecule has 0 fully saturated rings. The minimum Gasteiger partial charge on any atom is -0.464 e. The van der Waals surface area contributed by atoms with E-state index in [1.54, 1.807) is 0 Å². The van der Waals surface area contributed by atoms with Gasteiger partial charge in [-0.3, -0.25) is 4.79 Å². The Morgan fingerprint density at radius 1 is 1.16 bits per heavy atom. The Bertz CT molecular complexity index is 941. The molecule has 1 amide bonds. The van der Waals surface area contributed by atoms with Crippen molar-refractivity contribution in [2.24, 2.45) is 0 Å². The van der Waals surface area contributed by atoms with Crippen LogP contribution < -0.4 is 5.32 Å². The predicted octanol–water partition coefficient (Wildman–Crippen LogP) is 5.25. The van der Waals surface area contributed by atoms with Gasteiger partial charge in [0, 0.05) is 16.6 Å². The quantitative estimate of drug-likeness (QED) is 0.703. The molecule has 0 aliphatic carbocycles.